The zero-order chi connectivity index (χ0) is 23.9. The second-order valence-corrected chi connectivity index (χ2v) is 9.36. The molecule has 2 fully saturated rings. The molecule has 2 atom stereocenters. The molecule has 0 spiro atoms. The van der Waals surface area contributed by atoms with E-state index in [0.717, 1.165) is 32.1 Å². The average Bonchev–Trinajstić information content (AvgIpc) is 2.81. The van der Waals surface area contributed by atoms with E-state index < -0.39 is 36.6 Å². The normalized spacial score (nSPS) is 29.6. The summed E-state index contributed by atoms with van der Waals surface area (Å²) in [6, 6.07) is 9.28. The fourth-order valence-electron chi connectivity index (χ4n) is 5.06. The van der Waals surface area contributed by atoms with Crippen LogP contribution in [0.15, 0.2) is 30.3 Å². The molecule has 1 aromatic rings. The first kappa shape index (κ1) is 25.8. The van der Waals surface area contributed by atoms with Crippen LogP contribution in [0.5, 0.6) is 0 Å². The largest absolute Gasteiger partial charge is 0.449 e. The zero-order valence-electron chi connectivity index (χ0n) is 19.6. The van der Waals surface area contributed by atoms with Crippen LogP contribution in [0.3, 0.4) is 0 Å². The van der Waals surface area contributed by atoms with Crippen LogP contribution in [0.25, 0.3) is 0 Å². The van der Waals surface area contributed by atoms with Crippen molar-refractivity contribution in [2.45, 2.75) is 87.8 Å². The molecule has 1 aromatic carbocycles. The van der Waals surface area contributed by atoms with E-state index in [1.54, 1.807) is 0 Å². The minimum atomic E-state index is -3.23. The number of amides is 1. The Bertz CT molecular complexity index is 743. The van der Waals surface area contributed by atoms with Gasteiger partial charge in [0.05, 0.1) is 25.4 Å². The summed E-state index contributed by atoms with van der Waals surface area (Å²) in [6.07, 6.45) is 3.51. The van der Waals surface area contributed by atoms with Gasteiger partial charge in [-0.3, -0.25) is 0 Å². The Hall–Kier alpha value is -1.77. The van der Waals surface area contributed by atoms with Crippen molar-refractivity contribution in [2.24, 2.45) is 5.73 Å². The first-order valence-corrected chi connectivity index (χ1v) is 12.2. The number of hydrogen-bond acceptors (Lipinski definition) is 5. The summed E-state index contributed by atoms with van der Waals surface area (Å²) in [5.74, 6) is -2.76. The molecule has 1 aliphatic carbocycles. The summed E-state index contributed by atoms with van der Waals surface area (Å²) in [6.45, 7) is 1.46. The lowest BCUT2D eigenvalue weighted by Crippen LogP contribution is -2.74. The molecule has 186 valence electrons. The smallest absolute Gasteiger partial charge is 0.410 e. The number of aliphatic hydroxyl groups excluding tert-OH is 1. The Kier molecular flexibility index (Phi) is 9.07. The Balaban J connectivity index is 1.66. The molecule has 1 saturated carbocycles. The standard InChI is InChI=1S/C25H38F2N2O4/c1-2-3-17-32-23(31)29-15-13-25(26,27)24(28,14-16-30)22(29)18-33-21-11-9-20(10-12-21)19-7-5-4-6-8-19/h4-8,20-22,30H,2-3,9-18,28H2,1H3. The number of piperidine rings is 1. The van der Waals surface area contributed by atoms with Crippen LogP contribution in [0.2, 0.25) is 0 Å². The monoisotopic (exact) mass is 468 g/mol. The second kappa shape index (κ2) is 11.6. The zero-order valence-corrected chi connectivity index (χ0v) is 19.6. The van der Waals surface area contributed by atoms with E-state index in [1.807, 2.05) is 25.1 Å². The first-order chi connectivity index (χ1) is 15.8. The Labute approximate surface area is 195 Å². The molecule has 33 heavy (non-hydrogen) atoms. The van der Waals surface area contributed by atoms with Crippen molar-refractivity contribution in [1.82, 2.24) is 4.90 Å². The molecule has 2 aliphatic rings. The minimum absolute atomic E-state index is 0.0724. The third-order valence-corrected chi connectivity index (χ3v) is 7.24. The lowest BCUT2D eigenvalue weighted by Gasteiger charge is -2.51. The topological polar surface area (TPSA) is 85.0 Å². The number of likely N-dealkylation sites (tertiary alicyclic amines) is 1. The van der Waals surface area contributed by atoms with Crippen molar-refractivity contribution in [2.75, 3.05) is 26.4 Å². The van der Waals surface area contributed by atoms with E-state index in [9.17, 15) is 18.7 Å². The molecule has 3 rings (SSSR count). The summed E-state index contributed by atoms with van der Waals surface area (Å²) in [5, 5.41) is 9.50. The summed E-state index contributed by atoms with van der Waals surface area (Å²) < 4.78 is 41.4. The fraction of sp³-hybridized carbons (Fsp3) is 0.720. The van der Waals surface area contributed by atoms with Crippen LogP contribution in [-0.2, 0) is 9.47 Å². The van der Waals surface area contributed by atoms with Gasteiger partial charge in [0.1, 0.15) is 5.54 Å². The summed E-state index contributed by atoms with van der Waals surface area (Å²) in [7, 11) is 0. The van der Waals surface area contributed by atoms with E-state index in [1.165, 1.54) is 10.5 Å². The highest BCUT2D eigenvalue weighted by atomic mass is 19.3. The van der Waals surface area contributed by atoms with Crippen LogP contribution in [-0.4, -0.2) is 66.1 Å². The van der Waals surface area contributed by atoms with Crippen molar-refractivity contribution >= 4 is 6.09 Å². The van der Waals surface area contributed by atoms with E-state index in [2.05, 4.69) is 12.1 Å². The number of carbonyl (C=O) groups is 1. The highest BCUT2D eigenvalue weighted by Crippen LogP contribution is 2.42. The van der Waals surface area contributed by atoms with Gasteiger partial charge in [0, 0.05) is 19.6 Å². The number of alkyl halides is 2. The molecule has 1 amide bonds. The molecule has 3 N–H and O–H groups in total. The number of nitrogens with two attached hydrogens (primary N) is 1. The van der Waals surface area contributed by atoms with E-state index in [0.29, 0.717) is 12.3 Å². The molecule has 0 bridgehead atoms. The third-order valence-electron chi connectivity index (χ3n) is 7.24. The van der Waals surface area contributed by atoms with Crippen molar-refractivity contribution in [3.63, 3.8) is 0 Å². The lowest BCUT2D eigenvalue weighted by molar-refractivity contribution is -0.163. The van der Waals surface area contributed by atoms with E-state index >= 15 is 0 Å². The molecule has 1 saturated heterocycles. The second-order valence-electron chi connectivity index (χ2n) is 9.36. The van der Waals surface area contributed by atoms with E-state index in [-0.39, 0.29) is 32.3 Å². The Morgan fingerprint density at radius 2 is 1.91 bits per heavy atom. The van der Waals surface area contributed by atoms with E-state index in [4.69, 9.17) is 15.2 Å². The van der Waals surface area contributed by atoms with Gasteiger partial charge >= 0.3 is 6.09 Å². The molecule has 2 unspecified atom stereocenters. The van der Waals surface area contributed by atoms with Gasteiger partial charge in [0.25, 0.3) is 5.92 Å². The summed E-state index contributed by atoms with van der Waals surface area (Å²) in [5.41, 5.74) is 5.48. The minimum Gasteiger partial charge on any atom is -0.449 e. The Morgan fingerprint density at radius 1 is 1.21 bits per heavy atom. The number of aliphatic hydroxyl groups is 1. The molecule has 0 aromatic heterocycles. The van der Waals surface area contributed by atoms with Gasteiger partial charge in [-0.1, -0.05) is 43.7 Å². The highest BCUT2D eigenvalue weighted by Gasteiger charge is 2.61. The van der Waals surface area contributed by atoms with Gasteiger partial charge in [0.2, 0.25) is 0 Å². The van der Waals surface area contributed by atoms with Gasteiger partial charge in [-0.25, -0.2) is 13.6 Å². The number of halogens is 2. The molecule has 6 nitrogen and oxygen atoms in total. The molecular formula is C25H38F2N2O4. The van der Waals surface area contributed by atoms with Gasteiger partial charge < -0.3 is 25.2 Å². The van der Waals surface area contributed by atoms with Gasteiger partial charge in [-0.05, 0) is 50.0 Å². The predicted molar refractivity (Wildman–Crippen MR) is 122 cm³/mol. The Morgan fingerprint density at radius 3 is 2.55 bits per heavy atom. The molecule has 0 radical (unpaired) electrons. The number of unbranched alkanes of at least 4 members (excludes halogenated alkanes) is 1. The number of carbonyl (C=O) groups excluding carboxylic acids is 1. The summed E-state index contributed by atoms with van der Waals surface area (Å²) >= 11 is 0. The number of rotatable bonds is 9. The maximum atomic E-state index is 15.0. The molecule has 1 aliphatic heterocycles. The third kappa shape index (κ3) is 6.03. The van der Waals surface area contributed by atoms with Crippen molar-refractivity contribution in [3.8, 4) is 0 Å². The molecule has 8 heteroatoms. The van der Waals surface area contributed by atoms with Crippen molar-refractivity contribution < 1.29 is 28.2 Å². The highest BCUT2D eigenvalue weighted by molar-refractivity contribution is 5.68. The summed E-state index contributed by atoms with van der Waals surface area (Å²) in [4.78, 5) is 14.0. The number of hydrogen-bond donors (Lipinski definition) is 2. The molecule has 1 heterocycles. The maximum Gasteiger partial charge on any atom is 0.410 e. The van der Waals surface area contributed by atoms with Crippen molar-refractivity contribution in [1.29, 1.82) is 0 Å². The number of ether oxygens (including phenoxy) is 2. The van der Waals surface area contributed by atoms with Gasteiger partial charge in [-0.15, -0.1) is 0 Å². The lowest BCUT2D eigenvalue weighted by atomic mass is 9.76. The van der Waals surface area contributed by atoms with Crippen LogP contribution in [0.4, 0.5) is 13.6 Å². The fourth-order valence-corrected chi connectivity index (χ4v) is 5.06. The van der Waals surface area contributed by atoms with Crippen LogP contribution < -0.4 is 5.73 Å². The number of nitrogens with zero attached hydrogens (tertiary/aromatic N) is 1. The van der Waals surface area contributed by atoms with Crippen LogP contribution >= 0.6 is 0 Å². The average molecular weight is 469 g/mol. The predicted octanol–water partition coefficient (Wildman–Crippen LogP) is 4.46. The van der Waals surface area contributed by atoms with Crippen molar-refractivity contribution in [3.05, 3.63) is 35.9 Å². The number of benzene rings is 1. The SMILES string of the molecule is CCCCOC(=O)N1CCC(F)(F)C(N)(CCO)C1COC1CCC(c2ccccc2)CC1. The van der Waals surface area contributed by atoms with Gasteiger partial charge in [-0.2, -0.15) is 0 Å². The van der Waals surface area contributed by atoms with Crippen LogP contribution in [0.1, 0.15) is 69.8 Å². The maximum absolute atomic E-state index is 15.0. The van der Waals surface area contributed by atoms with Gasteiger partial charge in [0.15, 0.2) is 0 Å². The quantitative estimate of drug-likeness (QED) is 0.523. The first-order valence-electron chi connectivity index (χ1n) is 12.2. The molecular weight excluding hydrogens is 430 g/mol. The van der Waals surface area contributed by atoms with Crippen LogP contribution in [0, 0.1) is 0 Å².